The molecule has 3 aromatic carbocycles. The summed E-state index contributed by atoms with van der Waals surface area (Å²) in [5.41, 5.74) is 1.95. The van der Waals surface area contributed by atoms with Crippen molar-refractivity contribution in [1.29, 1.82) is 0 Å². The molecule has 0 unspecified atom stereocenters. The number of hydrogen-bond donors (Lipinski definition) is 0. The highest BCUT2D eigenvalue weighted by Crippen LogP contribution is 2.33. The normalized spacial score (nSPS) is 11.2. The van der Waals surface area contributed by atoms with E-state index in [1.807, 2.05) is 42.5 Å². The third-order valence-corrected chi connectivity index (χ3v) is 4.99. The quantitative estimate of drug-likeness (QED) is 0.326. The van der Waals surface area contributed by atoms with Crippen molar-refractivity contribution in [3.8, 4) is 0 Å². The van der Waals surface area contributed by atoms with Crippen molar-refractivity contribution in [2.24, 2.45) is 0 Å². The minimum Gasteiger partial charge on any atom is -0.276 e. The van der Waals surface area contributed by atoms with E-state index in [1.165, 1.54) is 6.07 Å². The topological polar surface area (TPSA) is 65.1 Å². The monoisotopic (exact) mass is 408 g/mol. The van der Waals surface area contributed by atoms with Gasteiger partial charge in [-0.3, -0.25) is 19.5 Å². The van der Waals surface area contributed by atoms with Gasteiger partial charge in [-0.05, 0) is 36.8 Å². The van der Waals surface area contributed by atoms with Crippen LogP contribution in [0, 0.1) is 17.0 Å². The summed E-state index contributed by atoms with van der Waals surface area (Å²) in [7, 11) is 0. The molecule has 4 aromatic rings. The Hall–Kier alpha value is -2.99. The summed E-state index contributed by atoms with van der Waals surface area (Å²) in [6.07, 6.45) is 0. The van der Waals surface area contributed by atoms with E-state index in [9.17, 15) is 14.9 Å². The zero-order chi connectivity index (χ0) is 18.4. The van der Waals surface area contributed by atoms with Gasteiger partial charge in [0.25, 0.3) is 11.6 Å². The summed E-state index contributed by atoms with van der Waals surface area (Å²) in [5.74, 6) is -0.400. The third-order valence-electron chi connectivity index (χ3n) is 4.50. The highest BCUT2D eigenvalue weighted by Gasteiger charge is 2.26. The van der Waals surface area contributed by atoms with E-state index in [-0.39, 0.29) is 11.3 Å². The van der Waals surface area contributed by atoms with Crippen LogP contribution in [0.15, 0.2) is 65.1 Å². The molecule has 6 heteroatoms. The molecule has 0 aliphatic carbocycles. The maximum absolute atomic E-state index is 13.4. The van der Waals surface area contributed by atoms with Gasteiger partial charge in [-0.1, -0.05) is 46.3 Å². The predicted octanol–water partition coefficient (Wildman–Crippen LogP) is 5.46. The molecule has 0 N–H and O–H groups in total. The second-order valence-electron chi connectivity index (χ2n) is 6.05. The highest BCUT2D eigenvalue weighted by molar-refractivity contribution is 9.10. The molecule has 0 spiro atoms. The number of rotatable bonds is 2. The first-order chi connectivity index (χ1) is 12.5. The number of halogens is 1. The van der Waals surface area contributed by atoms with E-state index < -0.39 is 10.8 Å². The number of para-hydroxylation sites is 1. The fourth-order valence-electron chi connectivity index (χ4n) is 3.36. The predicted molar refractivity (Wildman–Crippen MR) is 105 cm³/mol. The van der Waals surface area contributed by atoms with Crippen LogP contribution in [0.5, 0.6) is 0 Å². The van der Waals surface area contributed by atoms with Gasteiger partial charge in [0, 0.05) is 21.3 Å². The summed E-state index contributed by atoms with van der Waals surface area (Å²) in [5, 5.41) is 13.3. The summed E-state index contributed by atoms with van der Waals surface area (Å²) in [6.45, 7) is 1.71. The van der Waals surface area contributed by atoms with Crippen LogP contribution < -0.4 is 0 Å². The second-order valence-corrected chi connectivity index (χ2v) is 6.96. The Bertz CT molecular complexity index is 1210. The molecule has 26 heavy (non-hydrogen) atoms. The Balaban J connectivity index is 2.10. The first kappa shape index (κ1) is 16.5. The smallest absolute Gasteiger partial charge is 0.276 e. The first-order valence-corrected chi connectivity index (χ1v) is 8.76. The molecule has 0 radical (unpaired) electrons. The van der Waals surface area contributed by atoms with Crippen molar-refractivity contribution in [1.82, 2.24) is 4.57 Å². The lowest BCUT2D eigenvalue weighted by Gasteiger charge is -2.09. The van der Waals surface area contributed by atoms with Gasteiger partial charge in [0.1, 0.15) is 5.56 Å². The molecule has 0 atom stereocenters. The van der Waals surface area contributed by atoms with Gasteiger partial charge in [-0.2, -0.15) is 0 Å². The zero-order valence-corrected chi connectivity index (χ0v) is 15.4. The van der Waals surface area contributed by atoms with Crippen molar-refractivity contribution >= 4 is 49.3 Å². The second kappa shape index (κ2) is 6.07. The number of nitro benzene ring substituents is 1. The summed E-state index contributed by atoms with van der Waals surface area (Å²) >= 11 is 3.47. The van der Waals surface area contributed by atoms with Crippen molar-refractivity contribution in [2.45, 2.75) is 6.92 Å². The van der Waals surface area contributed by atoms with Crippen molar-refractivity contribution in [3.05, 3.63) is 86.4 Å². The van der Waals surface area contributed by atoms with Crippen molar-refractivity contribution < 1.29 is 9.72 Å². The molecule has 5 nitrogen and oxygen atoms in total. The zero-order valence-electron chi connectivity index (χ0n) is 13.8. The van der Waals surface area contributed by atoms with E-state index in [0.717, 1.165) is 26.3 Å². The maximum atomic E-state index is 13.4. The van der Waals surface area contributed by atoms with Crippen LogP contribution in [0.25, 0.3) is 21.8 Å². The Morgan fingerprint density at radius 1 is 1.00 bits per heavy atom. The Morgan fingerprint density at radius 3 is 2.50 bits per heavy atom. The largest absolute Gasteiger partial charge is 0.282 e. The molecule has 0 bridgehead atoms. The Kier molecular flexibility index (Phi) is 3.85. The molecule has 0 fully saturated rings. The van der Waals surface area contributed by atoms with Crippen molar-refractivity contribution in [2.75, 3.05) is 0 Å². The van der Waals surface area contributed by atoms with Crippen LogP contribution in [0.1, 0.15) is 15.9 Å². The lowest BCUT2D eigenvalue weighted by atomic mass is 10.1. The summed E-state index contributed by atoms with van der Waals surface area (Å²) in [6, 6.07) is 17.9. The lowest BCUT2D eigenvalue weighted by molar-refractivity contribution is -0.385. The van der Waals surface area contributed by atoms with Gasteiger partial charge in [-0.25, -0.2) is 0 Å². The van der Waals surface area contributed by atoms with Crippen LogP contribution in [0.3, 0.4) is 0 Å². The van der Waals surface area contributed by atoms with Crippen LogP contribution in [0.4, 0.5) is 5.69 Å². The molecule has 0 saturated heterocycles. The molecule has 1 aromatic heterocycles. The van der Waals surface area contributed by atoms with Gasteiger partial charge in [0.2, 0.25) is 0 Å². The van der Waals surface area contributed by atoms with Gasteiger partial charge in [-0.15, -0.1) is 0 Å². The van der Waals surface area contributed by atoms with E-state index in [1.54, 1.807) is 23.6 Å². The first-order valence-electron chi connectivity index (χ1n) is 7.96. The standard InChI is InChI=1S/C20H13BrN2O3/c1-12-5-4-8-18(23(25)26)19(12)20(24)22-16-7-3-2-6-14(16)15-11-13(21)9-10-17(15)22/h2-11H,1H3. The minimum absolute atomic E-state index is 0.114. The molecular formula is C20H13BrN2O3. The number of nitro groups is 1. The number of hydrogen-bond acceptors (Lipinski definition) is 3. The molecule has 0 aliphatic rings. The molecule has 1 heterocycles. The number of nitrogens with zero attached hydrogens (tertiary/aromatic N) is 2. The van der Waals surface area contributed by atoms with Gasteiger partial charge in [0.15, 0.2) is 0 Å². The highest BCUT2D eigenvalue weighted by atomic mass is 79.9. The third kappa shape index (κ3) is 2.42. The average Bonchev–Trinajstić information content (AvgIpc) is 2.94. The van der Waals surface area contributed by atoms with E-state index >= 15 is 0 Å². The van der Waals surface area contributed by atoms with Gasteiger partial charge in [0.05, 0.1) is 16.0 Å². The molecule has 0 amide bonds. The molecule has 128 valence electrons. The average molecular weight is 409 g/mol. The number of benzene rings is 3. The van der Waals surface area contributed by atoms with Crippen molar-refractivity contribution in [3.63, 3.8) is 0 Å². The fraction of sp³-hybridized carbons (Fsp3) is 0.0500. The number of aromatic nitrogens is 1. The SMILES string of the molecule is Cc1cccc([N+](=O)[O-])c1C(=O)n1c2ccccc2c2cc(Br)ccc21. The molecule has 0 aliphatic heterocycles. The Labute approximate surface area is 157 Å². The van der Waals surface area contributed by atoms with Gasteiger partial charge >= 0.3 is 0 Å². The van der Waals surface area contributed by atoms with Gasteiger partial charge < -0.3 is 0 Å². The lowest BCUT2D eigenvalue weighted by Crippen LogP contribution is -2.15. The van der Waals surface area contributed by atoms with Crippen LogP contribution >= 0.6 is 15.9 Å². The number of fused-ring (bicyclic) bond motifs is 3. The summed E-state index contributed by atoms with van der Waals surface area (Å²) < 4.78 is 2.47. The molecule has 4 rings (SSSR count). The number of carbonyl (C=O) groups excluding carboxylic acids is 1. The minimum atomic E-state index is -0.509. The number of aryl methyl sites for hydroxylation is 1. The summed E-state index contributed by atoms with van der Waals surface area (Å²) in [4.78, 5) is 24.4. The van der Waals surface area contributed by atoms with Crippen LogP contribution in [-0.4, -0.2) is 15.4 Å². The van der Waals surface area contributed by atoms with Crippen LogP contribution in [-0.2, 0) is 0 Å². The van der Waals surface area contributed by atoms with E-state index in [0.29, 0.717) is 5.56 Å². The fourth-order valence-corrected chi connectivity index (χ4v) is 3.72. The Morgan fingerprint density at radius 2 is 1.73 bits per heavy atom. The number of carbonyl (C=O) groups is 1. The van der Waals surface area contributed by atoms with Crippen LogP contribution in [0.2, 0.25) is 0 Å². The van der Waals surface area contributed by atoms with E-state index in [4.69, 9.17) is 0 Å². The molecular weight excluding hydrogens is 396 g/mol. The maximum Gasteiger partial charge on any atom is 0.282 e. The molecule has 0 saturated carbocycles. The van der Waals surface area contributed by atoms with E-state index in [2.05, 4.69) is 15.9 Å².